The number of fused-ring (bicyclic) bond motifs is 1. The molecule has 0 N–H and O–H groups in total. The Balaban J connectivity index is 1.32. The Morgan fingerprint density at radius 1 is 0.878 bits per heavy atom. The second-order valence-corrected chi connectivity index (χ2v) is 12.2. The molecule has 6 rings (SSSR count). The summed E-state index contributed by atoms with van der Waals surface area (Å²) in [4.78, 5) is 39.1. The van der Waals surface area contributed by atoms with Crippen LogP contribution in [-0.2, 0) is 17.9 Å². The topological polar surface area (TPSA) is 61.2 Å². The van der Waals surface area contributed by atoms with Crippen LogP contribution in [0.15, 0.2) is 82.6 Å². The van der Waals surface area contributed by atoms with Crippen LogP contribution in [0.25, 0.3) is 11.7 Å². The molecule has 0 unspecified atom stereocenters. The minimum Gasteiger partial charge on any atom is -0.353 e. The minimum atomic E-state index is -0.191. The summed E-state index contributed by atoms with van der Waals surface area (Å²) in [5.74, 6) is 0.431. The van der Waals surface area contributed by atoms with E-state index in [0.29, 0.717) is 32.8 Å². The fraction of sp³-hybridized carbons (Fsp3) is 0.250. The highest BCUT2D eigenvalue weighted by Crippen LogP contribution is 2.34. The standard InChI is InChI=1S/C32H31N5O2S2/c1-22-10-12-25(13-11-22)21-37-31(39)27(41-32(37)40)19-26-29(33-28-23(2)7-6-14-36(28)30(26)38)35-17-15-34(16-18-35)20-24-8-4-3-5-9-24/h3-14,19H,15-18,20-21H2,1-2H3. The number of piperazine rings is 1. The van der Waals surface area contributed by atoms with Crippen LogP contribution >= 0.6 is 24.0 Å². The Morgan fingerprint density at radius 2 is 1.59 bits per heavy atom. The van der Waals surface area contributed by atoms with Gasteiger partial charge < -0.3 is 4.90 Å². The number of thioether (sulfide) groups is 1. The van der Waals surface area contributed by atoms with Gasteiger partial charge in [0.15, 0.2) is 0 Å². The van der Waals surface area contributed by atoms with Crippen LogP contribution in [0, 0.1) is 13.8 Å². The van der Waals surface area contributed by atoms with Crippen LogP contribution in [0.4, 0.5) is 5.82 Å². The number of aryl methyl sites for hydroxylation is 2. The molecular formula is C32H31N5O2S2. The third kappa shape index (κ3) is 5.70. The molecule has 41 heavy (non-hydrogen) atoms. The number of nitrogens with zero attached hydrogens (tertiary/aromatic N) is 5. The van der Waals surface area contributed by atoms with E-state index in [0.717, 1.165) is 49.4 Å². The average Bonchev–Trinajstić information content (AvgIpc) is 3.24. The maximum atomic E-state index is 13.9. The van der Waals surface area contributed by atoms with Crippen molar-refractivity contribution in [1.82, 2.24) is 19.2 Å². The van der Waals surface area contributed by atoms with Crippen molar-refractivity contribution in [2.75, 3.05) is 31.1 Å². The van der Waals surface area contributed by atoms with Crippen molar-refractivity contribution < 1.29 is 4.79 Å². The van der Waals surface area contributed by atoms with Gasteiger partial charge in [0, 0.05) is 38.9 Å². The molecule has 0 spiro atoms. The molecule has 0 bridgehead atoms. The van der Waals surface area contributed by atoms with Gasteiger partial charge in [-0.15, -0.1) is 0 Å². The summed E-state index contributed by atoms with van der Waals surface area (Å²) < 4.78 is 2.06. The number of pyridine rings is 1. The lowest BCUT2D eigenvalue weighted by Crippen LogP contribution is -2.47. The number of anilines is 1. The molecule has 2 aliphatic heterocycles. The maximum Gasteiger partial charge on any atom is 0.267 e. The van der Waals surface area contributed by atoms with E-state index >= 15 is 0 Å². The van der Waals surface area contributed by atoms with Crippen molar-refractivity contribution in [3.05, 3.63) is 116 Å². The first-order chi connectivity index (χ1) is 19.9. The number of thiocarbonyl (C=S) groups is 1. The number of hydrogen-bond donors (Lipinski definition) is 0. The molecule has 0 saturated carbocycles. The lowest BCUT2D eigenvalue weighted by Gasteiger charge is -2.36. The van der Waals surface area contributed by atoms with Gasteiger partial charge in [-0.1, -0.05) is 90.2 Å². The van der Waals surface area contributed by atoms with Crippen LogP contribution in [0.1, 0.15) is 27.8 Å². The van der Waals surface area contributed by atoms with Gasteiger partial charge >= 0.3 is 0 Å². The highest BCUT2D eigenvalue weighted by Gasteiger charge is 2.33. The molecule has 2 aromatic heterocycles. The van der Waals surface area contributed by atoms with Crippen molar-refractivity contribution >= 4 is 51.7 Å². The zero-order valence-electron chi connectivity index (χ0n) is 23.1. The van der Waals surface area contributed by atoms with Gasteiger partial charge in [0.05, 0.1) is 17.0 Å². The van der Waals surface area contributed by atoms with Gasteiger partial charge in [0.25, 0.3) is 11.5 Å². The van der Waals surface area contributed by atoms with Crippen molar-refractivity contribution in [2.45, 2.75) is 26.9 Å². The first-order valence-electron chi connectivity index (χ1n) is 13.7. The van der Waals surface area contributed by atoms with Gasteiger partial charge in [-0.25, -0.2) is 4.98 Å². The van der Waals surface area contributed by atoms with E-state index in [-0.39, 0.29) is 11.5 Å². The van der Waals surface area contributed by atoms with Crippen molar-refractivity contribution in [3.8, 4) is 0 Å². The Labute approximate surface area is 249 Å². The Morgan fingerprint density at radius 3 is 2.32 bits per heavy atom. The molecular weight excluding hydrogens is 551 g/mol. The number of carbonyl (C=O) groups is 1. The molecule has 2 fully saturated rings. The van der Waals surface area contributed by atoms with Crippen LogP contribution in [0.5, 0.6) is 0 Å². The van der Waals surface area contributed by atoms with E-state index in [4.69, 9.17) is 17.2 Å². The van der Waals surface area contributed by atoms with Crippen molar-refractivity contribution in [3.63, 3.8) is 0 Å². The van der Waals surface area contributed by atoms with Crippen molar-refractivity contribution in [2.24, 2.45) is 0 Å². The summed E-state index contributed by atoms with van der Waals surface area (Å²) in [5.41, 5.74) is 5.22. The number of amides is 1. The van der Waals surface area contributed by atoms with Crippen LogP contribution in [0.3, 0.4) is 0 Å². The molecule has 2 aromatic carbocycles. The second-order valence-electron chi connectivity index (χ2n) is 10.5. The molecule has 7 nitrogen and oxygen atoms in total. The fourth-order valence-corrected chi connectivity index (χ4v) is 6.51. The molecule has 0 atom stereocenters. The van der Waals surface area contributed by atoms with Crippen LogP contribution < -0.4 is 10.5 Å². The highest BCUT2D eigenvalue weighted by molar-refractivity contribution is 8.26. The maximum absolute atomic E-state index is 13.9. The Kier molecular flexibility index (Phi) is 7.75. The monoisotopic (exact) mass is 581 g/mol. The van der Waals surface area contributed by atoms with E-state index < -0.39 is 0 Å². The van der Waals surface area contributed by atoms with Crippen LogP contribution in [-0.4, -0.2) is 55.6 Å². The number of hydrogen-bond acceptors (Lipinski definition) is 7. The van der Waals surface area contributed by atoms with E-state index in [1.54, 1.807) is 21.6 Å². The van der Waals surface area contributed by atoms with Crippen molar-refractivity contribution in [1.29, 1.82) is 0 Å². The summed E-state index contributed by atoms with van der Waals surface area (Å²) in [7, 11) is 0. The van der Waals surface area contributed by atoms with Gasteiger partial charge in [0.2, 0.25) is 0 Å². The van der Waals surface area contributed by atoms with Gasteiger partial charge in [-0.2, -0.15) is 0 Å². The molecule has 0 radical (unpaired) electrons. The smallest absolute Gasteiger partial charge is 0.267 e. The third-order valence-corrected chi connectivity index (χ3v) is 8.97. The summed E-state index contributed by atoms with van der Waals surface area (Å²) in [6.45, 7) is 8.44. The van der Waals surface area contributed by atoms with E-state index in [2.05, 4.69) is 34.1 Å². The second kappa shape index (κ2) is 11.6. The normalized spacial score (nSPS) is 17.3. The summed E-state index contributed by atoms with van der Waals surface area (Å²) in [5, 5.41) is 0. The van der Waals surface area contributed by atoms with Gasteiger partial charge in [-0.05, 0) is 42.7 Å². The van der Waals surface area contributed by atoms with E-state index in [9.17, 15) is 9.59 Å². The molecule has 4 heterocycles. The Hall–Kier alpha value is -3.79. The first-order valence-corrected chi connectivity index (χ1v) is 14.9. The van der Waals surface area contributed by atoms with Gasteiger partial charge in [0.1, 0.15) is 15.8 Å². The molecule has 2 aliphatic rings. The lowest BCUT2D eigenvalue weighted by atomic mass is 10.1. The number of benzene rings is 2. The fourth-order valence-electron chi connectivity index (χ4n) is 5.27. The SMILES string of the molecule is Cc1ccc(CN2C(=O)C(=Cc3c(N4CCN(Cc5ccccc5)CC4)nc4c(C)cccn4c3=O)SC2=S)cc1. The molecule has 208 valence electrons. The molecule has 4 aromatic rings. The van der Waals surface area contributed by atoms with E-state index in [1.807, 2.05) is 56.3 Å². The molecule has 1 amide bonds. The molecule has 2 saturated heterocycles. The van der Waals surface area contributed by atoms with E-state index in [1.165, 1.54) is 17.3 Å². The highest BCUT2D eigenvalue weighted by atomic mass is 32.2. The number of aromatic nitrogens is 2. The quantitative estimate of drug-likeness (QED) is 0.234. The number of carbonyl (C=O) groups excluding carboxylic acids is 1. The molecule has 9 heteroatoms. The predicted molar refractivity (Wildman–Crippen MR) is 170 cm³/mol. The Bertz CT molecular complexity index is 1710. The summed E-state index contributed by atoms with van der Waals surface area (Å²) in [6.07, 6.45) is 3.43. The predicted octanol–water partition coefficient (Wildman–Crippen LogP) is 5.03. The summed E-state index contributed by atoms with van der Waals surface area (Å²) >= 11 is 6.84. The molecule has 0 aliphatic carbocycles. The summed E-state index contributed by atoms with van der Waals surface area (Å²) in [6, 6.07) is 22.3. The third-order valence-electron chi connectivity index (χ3n) is 7.60. The van der Waals surface area contributed by atoms with Crippen LogP contribution in [0.2, 0.25) is 0 Å². The zero-order valence-corrected chi connectivity index (χ0v) is 24.8. The minimum absolute atomic E-state index is 0.187. The zero-order chi connectivity index (χ0) is 28.5. The average molecular weight is 582 g/mol. The first kappa shape index (κ1) is 27.4. The number of rotatable bonds is 6. The largest absolute Gasteiger partial charge is 0.353 e. The van der Waals surface area contributed by atoms with Gasteiger partial charge in [-0.3, -0.25) is 23.8 Å². The lowest BCUT2D eigenvalue weighted by molar-refractivity contribution is -0.122.